The molecule has 0 atom stereocenters. The Kier molecular flexibility index (Phi) is 6.11. The van der Waals surface area contributed by atoms with Crippen molar-refractivity contribution in [3.05, 3.63) is 65.5 Å². The normalized spacial score (nSPS) is 10.4. The third-order valence-electron chi connectivity index (χ3n) is 3.25. The van der Waals surface area contributed by atoms with Gasteiger partial charge in [-0.15, -0.1) is 0 Å². The van der Waals surface area contributed by atoms with Crippen LogP contribution in [0, 0.1) is 5.82 Å². The van der Waals surface area contributed by atoms with E-state index in [1.807, 2.05) is 0 Å². The van der Waals surface area contributed by atoms with Gasteiger partial charge in [0, 0.05) is 17.2 Å². The Balaban J connectivity index is 1.97. The zero-order valence-corrected chi connectivity index (χ0v) is 13.7. The van der Waals surface area contributed by atoms with Gasteiger partial charge in [0.25, 0.3) is 11.8 Å². The number of nitrogens with one attached hydrogen (secondary N) is 2. The molecule has 0 aliphatic rings. The first-order valence-electron chi connectivity index (χ1n) is 7.30. The minimum absolute atomic E-state index is 0.222. The van der Waals surface area contributed by atoms with Crippen molar-refractivity contribution < 1.29 is 23.5 Å². The third-order valence-corrected chi connectivity index (χ3v) is 3.25. The molecule has 0 heterocycles. The van der Waals surface area contributed by atoms with E-state index in [2.05, 4.69) is 10.9 Å². The highest BCUT2D eigenvalue weighted by molar-refractivity contribution is 5.98. The van der Waals surface area contributed by atoms with Crippen LogP contribution in [0.4, 0.5) is 4.39 Å². The number of halogens is 1. The second-order valence-corrected chi connectivity index (χ2v) is 4.87. The Morgan fingerprint density at radius 1 is 1.00 bits per heavy atom. The predicted octanol–water partition coefficient (Wildman–Crippen LogP) is 2.32. The number of amides is 2. The fraction of sp³-hybridized carbons (Fsp3) is 0.111. The van der Waals surface area contributed by atoms with Gasteiger partial charge in [0.2, 0.25) is 0 Å². The maximum atomic E-state index is 12.8. The molecule has 7 heteroatoms. The molecule has 0 unspecified atom stereocenters. The van der Waals surface area contributed by atoms with Gasteiger partial charge in [-0.2, -0.15) is 0 Å². The molecule has 0 aliphatic heterocycles. The Morgan fingerprint density at radius 3 is 2.36 bits per heavy atom. The van der Waals surface area contributed by atoms with Gasteiger partial charge in [-0.05, 0) is 36.4 Å². The fourth-order valence-electron chi connectivity index (χ4n) is 2.04. The standard InChI is InChI=1S/C18H17FN2O4/c1-24-15-5-3-4-12(17(15)25-2)8-11-16(22)20-21-18(23)13-6-9-14(19)10-7-13/h3-11H,1-2H3,(H,20,22)(H,21,23)/b11-8+. The lowest BCUT2D eigenvalue weighted by molar-refractivity contribution is -0.117. The maximum absolute atomic E-state index is 12.8. The van der Waals surface area contributed by atoms with Gasteiger partial charge in [0.15, 0.2) is 11.5 Å². The SMILES string of the molecule is COc1cccc(/C=C/C(=O)NNC(=O)c2ccc(F)cc2)c1OC. The summed E-state index contributed by atoms with van der Waals surface area (Å²) in [7, 11) is 3.02. The number of hydrogen-bond donors (Lipinski definition) is 2. The van der Waals surface area contributed by atoms with Crippen LogP contribution in [0.25, 0.3) is 6.08 Å². The summed E-state index contributed by atoms with van der Waals surface area (Å²) in [5, 5.41) is 0. The highest BCUT2D eigenvalue weighted by atomic mass is 19.1. The molecule has 2 aromatic carbocycles. The molecule has 0 bridgehead atoms. The quantitative estimate of drug-likeness (QED) is 0.645. The molecule has 0 spiro atoms. The van der Waals surface area contributed by atoms with Crippen molar-refractivity contribution in [3.8, 4) is 11.5 Å². The van der Waals surface area contributed by atoms with E-state index in [1.54, 1.807) is 18.2 Å². The maximum Gasteiger partial charge on any atom is 0.269 e. The second-order valence-electron chi connectivity index (χ2n) is 4.87. The van der Waals surface area contributed by atoms with E-state index in [0.29, 0.717) is 17.1 Å². The highest BCUT2D eigenvalue weighted by Gasteiger charge is 2.08. The van der Waals surface area contributed by atoms with Crippen molar-refractivity contribution in [2.24, 2.45) is 0 Å². The first kappa shape index (κ1) is 18.0. The van der Waals surface area contributed by atoms with Gasteiger partial charge in [0.05, 0.1) is 14.2 Å². The summed E-state index contributed by atoms with van der Waals surface area (Å²) in [5.74, 6) is -0.518. The zero-order chi connectivity index (χ0) is 18.2. The van der Waals surface area contributed by atoms with E-state index < -0.39 is 17.6 Å². The largest absolute Gasteiger partial charge is 0.493 e. The van der Waals surface area contributed by atoms with E-state index in [9.17, 15) is 14.0 Å². The minimum atomic E-state index is -0.555. The van der Waals surface area contributed by atoms with Crippen molar-refractivity contribution >= 4 is 17.9 Å². The van der Waals surface area contributed by atoms with Crippen LogP contribution in [0.3, 0.4) is 0 Å². The second kappa shape index (κ2) is 8.49. The van der Waals surface area contributed by atoms with E-state index in [-0.39, 0.29) is 5.56 Å². The predicted molar refractivity (Wildman–Crippen MR) is 90.6 cm³/mol. The van der Waals surface area contributed by atoms with Crippen LogP contribution in [0.2, 0.25) is 0 Å². The van der Waals surface area contributed by atoms with Gasteiger partial charge in [-0.1, -0.05) is 12.1 Å². The van der Waals surface area contributed by atoms with Crippen LogP contribution >= 0.6 is 0 Å². The zero-order valence-electron chi connectivity index (χ0n) is 13.7. The van der Waals surface area contributed by atoms with Crippen molar-refractivity contribution in [2.45, 2.75) is 0 Å². The van der Waals surface area contributed by atoms with Crippen LogP contribution in [0.15, 0.2) is 48.5 Å². The van der Waals surface area contributed by atoms with Crippen molar-refractivity contribution in [1.29, 1.82) is 0 Å². The Morgan fingerprint density at radius 2 is 1.72 bits per heavy atom. The molecule has 0 aliphatic carbocycles. The molecule has 6 nitrogen and oxygen atoms in total. The van der Waals surface area contributed by atoms with E-state index in [4.69, 9.17) is 9.47 Å². The molecule has 2 aromatic rings. The van der Waals surface area contributed by atoms with Crippen molar-refractivity contribution in [1.82, 2.24) is 10.9 Å². The Bertz CT molecular complexity index is 788. The summed E-state index contributed by atoms with van der Waals surface area (Å²) >= 11 is 0. The molecule has 2 N–H and O–H groups in total. The average Bonchev–Trinajstić information content (AvgIpc) is 2.64. The molecule has 0 saturated carbocycles. The minimum Gasteiger partial charge on any atom is -0.493 e. The molecular weight excluding hydrogens is 327 g/mol. The smallest absolute Gasteiger partial charge is 0.269 e. The van der Waals surface area contributed by atoms with Crippen molar-refractivity contribution in [3.63, 3.8) is 0 Å². The fourth-order valence-corrected chi connectivity index (χ4v) is 2.04. The van der Waals surface area contributed by atoms with Gasteiger partial charge < -0.3 is 9.47 Å². The lowest BCUT2D eigenvalue weighted by Crippen LogP contribution is -2.40. The molecular formula is C18H17FN2O4. The monoisotopic (exact) mass is 344 g/mol. The van der Waals surface area contributed by atoms with Crippen LogP contribution in [0.5, 0.6) is 11.5 Å². The van der Waals surface area contributed by atoms with Crippen LogP contribution in [-0.4, -0.2) is 26.0 Å². The molecule has 0 fully saturated rings. The lowest BCUT2D eigenvalue weighted by atomic mass is 10.1. The molecule has 0 radical (unpaired) electrons. The number of methoxy groups -OCH3 is 2. The van der Waals surface area contributed by atoms with Gasteiger partial charge in [-0.25, -0.2) is 4.39 Å². The van der Waals surface area contributed by atoms with Crippen molar-refractivity contribution in [2.75, 3.05) is 14.2 Å². The van der Waals surface area contributed by atoms with E-state index in [0.717, 1.165) is 12.1 Å². The summed E-state index contributed by atoms with van der Waals surface area (Å²) in [5.41, 5.74) is 5.34. The topological polar surface area (TPSA) is 76.7 Å². The molecule has 0 saturated heterocycles. The van der Waals surface area contributed by atoms with E-state index in [1.165, 1.54) is 38.5 Å². The summed E-state index contributed by atoms with van der Waals surface area (Å²) in [6.45, 7) is 0. The van der Waals surface area contributed by atoms with Gasteiger partial charge in [-0.3, -0.25) is 20.4 Å². The molecule has 130 valence electrons. The van der Waals surface area contributed by atoms with Crippen LogP contribution in [-0.2, 0) is 4.79 Å². The summed E-state index contributed by atoms with van der Waals surface area (Å²) in [6.07, 6.45) is 2.77. The number of benzene rings is 2. The lowest BCUT2D eigenvalue weighted by Gasteiger charge is -2.10. The number of para-hydroxylation sites is 1. The third kappa shape index (κ3) is 4.81. The number of rotatable bonds is 5. The van der Waals surface area contributed by atoms with Gasteiger partial charge >= 0.3 is 0 Å². The number of hydrogen-bond acceptors (Lipinski definition) is 4. The molecule has 0 aromatic heterocycles. The number of hydrazine groups is 1. The Labute approximate surface area is 144 Å². The highest BCUT2D eigenvalue weighted by Crippen LogP contribution is 2.31. The summed E-state index contributed by atoms with van der Waals surface area (Å²) < 4.78 is 23.2. The average molecular weight is 344 g/mol. The number of carbonyl (C=O) groups excluding carboxylic acids is 2. The number of carbonyl (C=O) groups is 2. The molecule has 2 amide bonds. The van der Waals surface area contributed by atoms with Gasteiger partial charge in [0.1, 0.15) is 5.82 Å². The number of ether oxygens (including phenoxy) is 2. The first-order chi connectivity index (χ1) is 12.0. The molecule has 25 heavy (non-hydrogen) atoms. The summed E-state index contributed by atoms with van der Waals surface area (Å²) in [6, 6.07) is 10.2. The summed E-state index contributed by atoms with van der Waals surface area (Å²) in [4.78, 5) is 23.6. The molecule has 2 rings (SSSR count). The Hall–Kier alpha value is -3.35. The van der Waals surface area contributed by atoms with E-state index >= 15 is 0 Å². The van der Waals surface area contributed by atoms with Crippen LogP contribution in [0.1, 0.15) is 15.9 Å². The first-order valence-corrected chi connectivity index (χ1v) is 7.30. The van der Waals surface area contributed by atoms with Crippen LogP contribution < -0.4 is 20.3 Å².